The first-order chi connectivity index (χ1) is 10.7. The Morgan fingerprint density at radius 1 is 1.18 bits per heavy atom. The number of hydrogen-bond donors (Lipinski definition) is 4. The first-order valence-electron chi connectivity index (χ1n) is 7.78. The van der Waals surface area contributed by atoms with Gasteiger partial charge in [-0.15, -0.1) is 0 Å². The van der Waals surface area contributed by atoms with Crippen molar-refractivity contribution in [1.82, 2.24) is 16.0 Å². The second-order valence-electron chi connectivity index (χ2n) is 5.58. The average Bonchev–Trinajstić information content (AvgIpc) is 2.45. The maximum Gasteiger partial charge on any atom is 0.319 e. The minimum atomic E-state index is -0.207. The number of benzene rings is 1. The van der Waals surface area contributed by atoms with Crippen LogP contribution >= 0.6 is 0 Å². The Morgan fingerprint density at radius 3 is 2.50 bits per heavy atom. The molecule has 1 saturated heterocycles. The van der Waals surface area contributed by atoms with Crippen LogP contribution in [-0.4, -0.2) is 38.1 Å². The van der Waals surface area contributed by atoms with Crippen molar-refractivity contribution < 1.29 is 9.59 Å². The van der Waals surface area contributed by atoms with Crippen molar-refractivity contribution in [2.24, 2.45) is 5.92 Å². The molecule has 0 saturated carbocycles. The van der Waals surface area contributed by atoms with Gasteiger partial charge in [0.1, 0.15) is 0 Å². The Balaban J connectivity index is 1.73. The number of carbonyl (C=O) groups is 2. The van der Waals surface area contributed by atoms with E-state index in [1.54, 1.807) is 0 Å². The summed E-state index contributed by atoms with van der Waals surface area (Å²) in [4.78, 5) is 23.4. The van der Waals surface area contributed by atoms with E-state index in [-0.39, 0.29) is 11.9 Å². The lowest BCUT2D eigenvalue weighted by Crippen LogP contribution is -2.48. The predicted octanol–water partition coefficient (Wildman–Crippen LogP) is 1.10. The molecule has 2 rings (SSSR count). The van der Waals surface area contributed by atoms with Gasteiger partial charge in [0.15, 0.2) is 0 Å². The van der Waals surface area contributed by atoms with Crippen LogP contribution in [0, 0.1) is 5.92 Å². The van der Waals surface area contributed by atoms with E-state index in [9.17, 15) is 9.59 Å². The first kappa shape index (κ1) is 16.3. The molecule has 0 spiro atoms. The predicted molar refractivity (Wildman–Crippen MR) is 86.8 cm³/mol. The third-order valence-corrected chi connectivity index (χ3v) is 3.57. The van der Waals surface area contributed by atoms with Crippen LogP contribution in [0.15, 0.2) is 24.3 Å². The molecular formula is C16H24N4O2. The van der Waals surface area contributed by atoms with Crippen molar-refractivity contribution in [3.63, 3.8) is 0 Å². The molecule has 0 bridgehead atoms. The summed E-state index contributed by atoms with van der Waals surface area (Å²) in [6, 6.07) is 7.13. The fourth-order valence-electron chi connectivity index (χ4n) is 2.12. The standard InChI is InChI=1S/C16H24N4O2/c1-2-7-18-16(22)20-14-5-3-12(4-6-14)8-15(21)19-11-13-9-17-10-13/h3-6,13,17H,2,7-11H2,1H3,(H,19,21)(H2,18,20,22). The third-order valence-electron chi connectivity index (χ3n) is 3.57. The van der Waals surface area contributed by atoms with Crippen molar-refractivity contribution in [1.29, 1.82) is 0 Å². The molecule has 1 fully saturated rings. The van der Waals surface area contributed by atoms with Crippen molar-refractivity contribution in [2.45, 2.75) is 19.8 Å². The molecule has 120 valence electrons. The minimum absolute atomic E-state index is 0.0355. The summed E-state index contributed by atoms with van der Waals surface area (Å²) in [5.74, 6) is 0.602. The van der Waals surface area contributed by atoms with Gasteiger partial charge < -0.3 is 21.3 Å². The Labute approximate surface area is 131 Å². The molecule has 1 heterocycles. The van der Waals surface area contributed by atoms with Gasteiger partial charge in [-0.05, 0) is 24.1 Å². The third kappa shape index (κ3) is 5.37. The summed E-state index contributed by atoms with van der Waals surface area (Å²) in [6.07, 6.45) is 1.26. The number of amides is 3. The second-order valence-corrected chi connectivity index (χ2v) is 5.58. The van der Waals surface area contributed by atoms with Crippen LogP contribution < -0.4 is 21.3 Å². The van der Waals surface area contributed by atoms with Crippen LogP contribution in [0.25, 0.3) is 0 Å². The highest BCUT2D eigenvalue weighted by molar-refractivity contribution is 5.89. The molecule has 22 heavy (non-hydrogen) atoms. The monoisotopic (exact) mass is 304 g/mol. The Morgan fingerprint density at radius 2 is 1.91 bits per heavy atom. The summed E-state index contributed by atoms with van der Waals surface area (Å²) >= 11 is 0. The van der Waals surface area contributed by atoms with Crippen LogP contribution in [0.4, 0.5) is 10.5 Å². The van der Waals surface area contributed by atoms with Crippen LogP contribution in [0.3, 0.4) is 0 Å². The molecule has 0 atom stereocenters. The highest BCUT2D eigenvalue weighted by atomic mass is 16.2. The SMILES string of the molecule is CCCNC(=O)Nc1ccc(CC(=O)NCC2CNC2)cc1. The Bertz CT molecular complexity index is 497. The van der Waals surface area contributed by atoms with Gasteiger partial charge in [-0.2, -0.15) is 0 Å². The number of carbonyl (C=O) groups excluding carboxylic acids is 2. The molecule has 0 radical (unpaired) electrons. The number of anilines is 1. The first-order valence-corrected chi connectivity index (χ1v) is 7.78. The summed E-state index contributed by atoms with van der Waals surface area (Å²) in [5, 5.41) is 11.6. The van der Waals surface area contributed by atoms with Gasteiger partial charge in [0.2, 0.25) is 5.91 Å². The van der Waals surface area contributed by atoms with Gasteiger partial charge in [0, 0.05) is 37.8 Å². The largest absolute Gasteiger partial charge is 0.355 e. The quantitative estimate of drug-likeness (QED) is 0.609. The number of nitrogens with one attached hydrogen (secondary N) is 4. The summed E-state index contributed by atoms with van der Waals surface area (Å²) < 4.78 is 0. The van der Waals surface area contributed by atoms with Crippen LogP contribution in [0.5, 0.6) is 0 Å². The highest BCUT2D eigenvalue weighted by Gasteiger charge is 2.17. The molecule has 1 aromatic carbocycles. The van der Waals surface area contributed by atoms with Gasteiger partial charge in [0.25, 0.3) is 0 Å². The second kappa shape index (κ2) is 8.38. The Hall–Kier alpha value is -2.08. The summed E-state index contributed by atoms with van der Waals surface area (Å²) in [5.41, 5.74) is 1.65. The number of hydrogen-bond acceptors (Lipinski definition) is 3. The summed E-state index contributed by atoms with van der Waals surface area (Å²) in [6.45, 7) is 5.37. The van der Waals surface area contributed by atoms with E-state index in [2.05, 4.69) is 21.3 Å². The molecule has 0 aromatic heterocycles. The molecule has 0 aliphatic carbocycles. The fraction of sp³-hybridized carbons (Fsp3) is 0.500. The fourth-order valence-corrected chi connectivity index (χ4v) is 2.12. The van der Waals surface area contributed by atoms with Crippen molar-refractivity contribution >= 4 is 17.6 Å². The van der Waals surface area contributed by atoms with E-state index >= 15 is 0 Å². The maximum atomic E-state index is 11.8. The molecule has 3 amide bonds. The zero-order valence-corrected chi connectivity index (χ0v) is 12.9. The zero-order chi connectivity index (χ0) is 15.8. The van der Waals surface area contributed by atoms with E-state index in [1.807, 2.05) is 31.2 Å². The molecular weight excluding hydrogens is 280 g/mol. The lowest BCUT2D eigenvalue weighted by molar-refractivity contribution is -0.120. The highest BCUT2D eigenvalue weighted by Crippen LogP contribution is 2.10. The minimum Gasteiger partial charge on any atom is -0.355 e. The van der Waals surface area contributed by atoms with E-state index < -0.39 is 0 Å². The van der Waals surface area contributed by atoms with Gasteiger partial charge in [-0.1, -0.05) is 19.1 Å². The molecule has 0 unspecified atom stereocenters. The summed E-state index contributed by atoms with van der Waals surface area (Å²) in [7, 11) is 0. The topological polar surface area (TPSA) is 82.3 Å². The molecule has 4 N–H and O–H groups in total. The van der Waals surface area contributed by atoms with Gasteiger partial charge >= 0.3 is 6.03 Å². The molecule has 1 aliphatic heterocycles. The van der Waals surface area contributed by atoms with E-state index in [0.717, 1.165) is 37.3 Å². The zero-order valence-electron chi connectivity index (χ0n) is 12.9. The smallest absolute Gasteiger partial charge is 0.319 e. The number of rotatable bonds is 7. The van der Waals surface area contributed by atoms with Gasteiger partial charge in [-0.25, -0.2) is 4.79 Å². The van der Waals surface area contributed by atoms with E-state index in [4.69, 9.17) is 0 Å². The van der Waals surface area contributed by atoms with Crippen molar-refractivity contribution in [3.8, 4) is 0 Å². The van der Waals surface area contributed by atoms with Gasteiger partial charge in [0.05, 0.1) is 6.42 Å². The van der Waals surface area contributed by atoms with Crippen molar-refractivity contribution in [3.05, 3.63) is 29.8 Å². The maximum absolute atomic E-state index is 11.8. The molecule has 6 heteroatoms. The Kier molecular flexibility index (Phi) is 6.21. The molecule has 1 aliphatic rings. The normalized spacial score (nSPS) is 14.0. The lowest BCUT2D eigenvalue weighted by atomic mass is 10.0. The van der Waals surface area contributed by atoms with Gasteiger partial charge in [-0.3, -0.25) is 4.79 Å². The van der Waals surface area contributed by atoms with E-state index in [1.165, 1.54) is 0 Å². The molecule has 1 aromatic rings. The van der Waals surface area contributed by atoms with Crippen LogP contribution in [0.1, 0.15) is 18.9 Å². The van der Waals surface area contributed by atoms with Crippen LogP contribution in [0.2, 0.25) is 0 Å². The number of urea groups is 1. The molecule has 6 nitrogen and oxygen atoms in total. The lowest BCUT2D eigenvalue weighted by Gasteiger charge is -2.27. The van der Waals surface area contributed by atoms with Crippen molar-refractivity contribution in [2.75, 3.05) is 31.5 Å². The average molecular weight is 304 g/mol. The van der Waals surface area contributed by atoms with E-state index in [0.29, 0.717) is 18.9 Å². The van der Waals surface area contributed by atoms with Crippen LogP contribution in [-0.2, 0) is 11.2 Å².